The number of likely N-dealkylation sites (tertiary alicyclic amines) is 1. The van der Waals surface area contributed by atoms with Gasteiger partial charge in [-0.3, -0.25) is 9.59 Å². The van der Waals surface area contributed by atoms with Crippen molar-refractivity contribution in [2.24, 2.45) is 5.73 Å². The van der Waals surface area contributed by atoms with Crippen LogP contribution in [0.5, 0.6) is 5.75 Å². The van der Waals surface area contributed by atoms with Gasteiger partial charge in [0.05, 0.1) is 19.3 Å². The minimum absolute atomic E-state index is 0.123. The summed E-state index contributed by atoms with van der Waals surface area (Å²) in [7, 11) is 3.85. The number of methoxy groups -OCH3 is 1. The minimum atomic E-state index is -0.437. The molecule has 2 N–H and O–H groups in total. The van der Waals surface area contributed by atoms with Gasteiger partial charge in [-0.05, 0) is 68.5 Å². The van der Waals surface area contributed by atoms with Crippen LogP contribution < -0.4 is 10.5 Å². The molecule has 7 heteroatoms. The maximum atomic E-state index is 14.4. The molecule has 0 spiro atoms. The Bertz CT molecular complexity index is 1530. The van der Waals surface area contributed by atoms with E-state index in [0.29, 0.717) is 18.0 Å². The van der Waals surface area contributed by atoms with Crippen LogP contribution in [0.25, 0.3) is 28.2 Å². The van der Waals surface area contributed by atoms with Crippen molar-refractivity contribution in [3.05, 3.63) is 58.7 Å². The molecule has 1 aliphatic carbocycles. The number of fused-ring (bicyclic) bond motifs is 7. The van der Waals surface area contributed by atoms with Gasteiger partial charge in [-0.15, -0.1) is 0 Å². The molecule has 1 saturated carbocycles. The number of piperazine rings is 1. The number of benzene rings is 2. The number of likely N-dealkylation sites (N-methyl/N-ethyl adjacent to an activating group) is 1. The van der Waals surface area contributed by atoms with Crippen molar-refractivity contribution in [3.8, 4) is 17.0 Å². The van der Waals surface area contributed by atoms with E-state index >= 15 is 0 Å². The number of carbonyl (C=O) groups is 2. The summed E-state index contributed by atoms with van der Waals surface area (Å²) < 4.78 is 8.18. The second kappa shape index (κ2) is 9.81. The van der Waals surface area contributed by atoms with Gasteiger partial charge in [-0.1, -0.05) is 37.5 Å². The van der Waals surface area contributed by atoms with Crippen molar-refractivity contribution in [3.63, 3.8) is 0 Å². The number of nitrogens with zero attached hydrogens (tertiary/aromatic N) is 3. The van der Waals surface area contributed by atoms with Crippen LogP contribution in [-0.2, 0) is 11.3 Å². The highest BCUT2D eigenvalue weighted by atomic mass is 16.5. The van der Waals surface area contributed by atoms with Gasteiger partial charge in [-0.25, -0.2) is 0 Å². The van der Waals surface area contributed by atoms with Gasteiger partial charge in [0.15, 0.2) is 0 Å². The Morgan fingerprint density at radius 1 is 0.975 bits per heavy atom. The molecule has 4 heterocycles. The van der Waals surface area contributed by atoms with Gasteiger partial charge in [0, 0.05) is 58.3 Å². The lowest BCUT2D eigenvalue weighted by molar-refractivity contribution is -0.132. The lowest BCUT2D eigenvalue weighted by atomic mass is 9.81. The Balaban J connectivity index is 1.46. The van der Waals surface area contributed by atoms with E-state index in [1.54, 1.807) is 7.11 Å². The first-order valence-electron chi connectivity index (χ1n) is 14.8. The fourth-order valence-corrected chi connectivity index (χ4v) is 8.00. The van der Waals surface area contributed by atoms with Crippen LogP contribution in [0.15, 0.2) is 42.0 Å². The van der Waals surface area contributed by atoms with Gasteiger partial charge >= 0.3 is 0 Å². The molecule has 2 aromatic carbocycles. The summed E-state index contributed by atoms with van der Waals surface area (Å²) in [4.78, 5) is 31.2. The predicted octanol–water partition coefficient (Wildman–Crippen LogP) is 5.17. The molecule has 3 aliphatic heterocycles. The van der Waals surface area contributed by atoms with Crippen LogP contribution >= 0.6 is 0 Å². The molecule has 3 aromatic rings. The maximum Gasteiger partial charge on any atom is 0.252 e. The van der Waals surface area contributed by atoms with Crippen molar-refractivity contribution in [2.45, 2.75) is 69.5 Å². The molecule has 2 amide bonds. The summed E-state index contributed by atoms with van der Waals surface area (Å²) in [5.74, 6) is 0.887. The summed E-state index contributed by atoms with van der Waals surface area (Å²) in [6.07, 6.45) is 10.2. The van der Waals surface area contributed by atoms with E-state index in [0.717, 1.165) is 77.8 Å². The molecule has 7 rings (SSSR count). The zero-order chi connectivity index (χ0) is 27.5. The second-order valence-electron chi connectivity index (χ2n) is 12.2. The minimum Gasteiger partial charge on any atom is -0.496 e. The number of carbonyl (C=O) groups excluding carboxylic acids is 2. The summed E-state index contributed by atoms with van der Waals surface area (Å²) in [6, 6.07) is 12.5. The van der Waals surface area contributed by atoms with Gasteiger partial charge < -0.3 is 24.8 Å². The molecule has 2 atom stereocenters. The lowest BCUT2D eigenvalue weighted by Gasteiger charge is -2.40. The van der Waals surface area contributed by atoms with Gasteiger partial charge in [0.25, 0.3) is 5.91 Å². The largest absolute Gasteiger partial charge is 0.496 e. The quantitative estimate of drug-likeness (QED) is 0.497. The van der Waals surface area contributed by atoms with Crippen molar-refractivity contribution in [1.82, 2.24) is 14.4 Å². The van der Waals surface area contributed by atoms with Gasteiger partial charge in [0.2, 0.25) is 5.91 Å². The molecule has 208 valence electrons. The highest BCUT2D eigenvalue weighted by Crippen LogP contribution is 2.48. The SMILES string of the molecule is COc1cccc2c1C=C(C(=O)N1C3CCC1CN(C)C3)Cn1c-2c(C2CCCCC2)c2ccc(C(N)=O)cc21. The van der Waals surface area contributed by atoms with E-state index in [2.05, 4.69) is 39.6 Å². The van der Waals surface area contributed by atoms with Crippen LogP contribution in [0.4, 0.5) is 0 Å². The van der Waals surface area contributed by atoms with E-state index in [4.69, 9.17) is 10.5 Å². The lowest BCUT2D eigenvalue weighted by Crippen LogP contribution is -2.55. The average Bonchev–Trinajstić information content (AvgIpc) is 3.35. The first-order valence-corrected chi connectivity index (χ1v) is 14.8. The van der Waals surface area contributed by atoms with Crippen molar-refractivity contribution < 1.29 is 14.3 Å². The van der Waals surface area contributed by atoms with Crippen LogP contribution in [0.2, 0.25) is 0 Å². The Kier molecular flexibility index (Phi) is 6.22. The Morgan fingerprint density at radius 2 is 1.73 bits per heavy atom. The van der Waals surface area contributed by atoms with Gasteiger partial charge in [0.1, 0.15) is 5.75 Å². The molecular formula is C33H38N4O3. The van der Waals surface area contributed by atoms with Crippen molar-refractivity contribution in [1.29, 1.82) is 0 Å². The van der Waals surface area contributed by atoms with Gasteiger partial charge in [-0.2, -0.15) is 0 Å². The fraction of sp³-hybridized carbons (Fsp3) is 0.455. The maximum absolute atomic E-state index is 14.4. The number of hydrogen-bond donors (Lipinski definition) is 1. The molecule has 2 saturated heterocycles. The van der Waals surface area contributed by atoms with Crippen LogP contribution in [-0.4, -0.2) is 65.5 Å². The smallest absolute Gasteiger partial charge is 0.252 e. The number of hydrogen-bond acceptors (Lipinski definition) is 4. The van der Waals surface area contributed by atoms with Crippen molar-refractivity contribution in [2.75, 3.05) is 27.2 Å². The molecule has 4 aliphatic rings. The Morgan fingerprint density at radius 3 is 2.42 bits per heavy atom. The molecule has 2 unspecified atom stereocenters. The molecule has 2 bridgehead atoms. The van der Waals surface area contributed by atoms with Crippen molar-refractivity contribution >= 4 is 28.8 Å². The normalized spacial score (nSPS) is 22.9. The second-order valence-corrected chi connectivity index (χ2v) is 12.2. The van der Waals surface area contributed by atoms with Crippen LogP contribution in [0.1, 0.15) is 72.3 Å². The Hall–Kier alpha value is -3.58. The highest BCUT2D eigenvalue weighted by molar-refractivity contribution is 6.04. The zero-order valence-corrected chi connectivity index (χ0v) is 23.5. The third-order valence-electron chi connectivity index (χ3n) is 9.76. The fourth-order valence-electron chi connectivity index (χ4n) is 8.00. The molecule has 7 nitrogen and oxygen atoms in total. The third-order valence-corrected chi connectivity index (χ3v) is 9.76. The predicted molar refractivity (Wildman–Crippen MR) is 157 cm³/mol. The molecule has 0 radical (unpaired) electrons. The Labute approximate surface area is 235 Å². The monoisotopic (exact) mass is 538 g/mol. The van der Waals surface area contributed by atoms with E-state index < -0.39 is 5.91 Å². The van der Waals surface area contributed by atoms with E-state index in [1.807, 2.05) is 24.3 Å². The average molecular weight is 539 g/mol. The summed E-state index contributed by atoms with van der Waals surface area (Å²) >= 11 is 0. The molecule has 3 fully saturated rings. The number of rotatable bonds is 4. The highest BCUT2D eigenvalue weighted by Gasteiger charge is 2.43. The standard InChI is InChI=1S/C33H38N4O3/c1-35-18-23-12-13-24(19-35)37(23)33(39)22-15-27-25(9-6-10-29(27)40-2)31-30(20-7-4-3-5-8-20)26-14-11-21(32(34)38)16-28(26)36(31)17-22/h6,9-11,14-16,20,23-24H,3-5,7-8,12-13,17-19H2,1-2H3,(H2,34,38). The van der Waals surface area contributed by atoms with Crippen LogP contribution in [0, 0.1) is 0 Å². The number of nitrogens with two attached hydrogens (primary N) is 1. The number of ether oxygens (including phenoxy) is 1. The number of amides is 2. The molecule has 40 heavy (non-hydrogen) atoms. The number of primary amides is 1. The first-order chi connectivity index (χ1) is 19.4. The molecular weight excluding hydrogens is 500 g/mol. The summed E-state index contributed by atoms with van der Waals surface area (Å²) in [5.41, 5.74) is 12.5. The topological polar surface area (TPSA) is 80.8 Å². The molecule has 1 aromatic heterocycles. The van der Waals surface area contributed by atoms with E-state index in [1.165, 1.54) is 24.8 Å². The summed E-state index contributed by atoms with van der Waals surface area (Å²) in [5, 5.41) is 1.16. The van der Waals surface area contributed by atoms with E-state index in [-0.39, 0.29) is 18.0 Å². The summed E-state index contributed by atoms with van der Waals surface area (Å²) in [6.45, 7) is 2.28. The third kappa shape index (κ3) is 3.97. The van der Waals surface area contributed by atoms with Crippen LogP contribution in [0.3, 0.4) is 0 Å². The number of aromatic nitrogens is 1. The van der Waals surface area contributed by atoms with E-state index in [9.17, 15) is 9.59 Å². The zero-order valence-electron chi connectivity index (χ0n) is 23.5. The first kappa shape index (κ1) is 25.4.